The van der Waals surface area contributed by atoms with E-state index in [1.165, 1.54) is 4.68 Å². The molecule has 1 amide bonds. The van der Waals surface area contributed by atoms with Gasteiger partial charge in [0, 0.05) is 18.7 Å². The van der Waals surface area contributed by atoms with Crippen LogP contribution in [-0.4, -0.2) is 26.8 Å². The van der Waals surface area contributed by atoms with Crippen LogP contribution in [0.5, 0.6) is 0 Å². The number of hydrogen-bond donors (Lipinski definition) is 2. The average Bonchev–Trinajstić information content (AvgIpc) is 3.00. The van der Waals surface area contributed by atoms with Crippen molar-refractivity contribution < 1.29 is 14.7 Å². The minimum Gasteiger partial charge on any atom is -0.476 e. The summed E-state index contributed by atoms with van der Waals surface area (Å²) in [6.45, 7) is 2.42. The molecule has 1 aromatic heterocycles. The van der Waals surface area contributed by atoms with Gasteiger partial charge in [-0.1, -0.05) is 0 Å². The zero-order valence-corrected chi connectivity index (χ0v) is 8.93. The zero-order valence-electron chi connectivity index (χ0n) is 8.93. The lowest BCUT2D eigenvalue weighted by molar-refractivity contribution is -0.117. The van der Waals surface area contributed by atoms with E-state index in [1.54, 1.807) is 6.20 Å². The van der Waals surface area contributed by atoms with Crippen LogP contribution in [0.1, 0.15) is 30.3 Å². The predicted molar refractivity (Wildman–Crippen MR) is 56.2 cm³/mol. The first-order chi connectivity index (χ1) is 7.61. The first kappa shape index (κ1) is 10.7. The maximum Gasteiger partial charge on any atom is 0.358 e. The Morgan fingerprint density at radius 1 is 1.62 bits per heavy atom. The normalized spacial score (nSPS) is 14.8. The van der Waals surface area contributed by atoms with Gasteiger partial charge in [0.25, 0.3) is 0 Å². The van der Waals surface area contributed by atoms with Gasteiger partial charge in [-0.05, 0) is 19.8 Å². The molecule has 0 aromatic carbocycles. The smallest absolute Gasteiger partial charge is 0.358 e. The van der Waals surface area contributed by atoms with Crippen LogP contribution in [0.25, 0.3) is 0 Å². The molecule has 1 saturated carbocycles. The molecule has 6 heteroatoms. The number of carbonyl (C=O) groups is 2. The fourth-order valence-corrected chi connectivity index (χ4v) is 1.41. The lowest BCUT2D eigenvalue weighted by Gasteiger charge is -2.00. The molecule has 1 aliphatic rings. The highest BCUT2D eigenvalue weighted by Gasteiger charge is 2.31. The number of aromatic carboxylic acids is 1. The number of carboxylic acids is 1. The van der Waals surface area contributed by atoms with Gasteiger partial charge in [0.2, 0.25) is 5.91 Å². The molecule has 0 atom stereocenters. The Morgan fingerprint density at radius 3 is 2.81 bits per heavy atom. The highest BCUT2D eigenvalue weighted by Crippen LogP contribution is 2.30. The fourth-order valence-electron chi connectivity index (χ4n) is 1.41. The molecule has 2 rings (SSSR count). The molecular formula is C10H13N3O3. The van der Waals surface area contributed by atoms with E-state index in [2.05, 4.69) is 10.4 Å². The van der Waals surface area contributed by atoms with E-state index in [4.69, 9.17) is 5.11 Å². The van der Waals surface area contributed by atoms with Crippen LogP contribution in [0.15, 0.2) is 6.20 Å². The zero-order chi connectivity index (χ0) is 11.7. The van der Waals surface area contributed by atoms with Gasteiger partial charge in [-0.25, -0.2) is 4.79 Å². The van der Waals surface area contributed by atoms with Crippen LogP contribution in [0, 0.1) is 5.92 Å². The molecule has 1 fully saturated rings. The number of carboxylic acid groups (broad SMARTS) is 1. The molecule has 86 valence electrons. The van der Waals surface area contributed by atoms with Gasteiger partial charge in [-0.3, -0.25) is 9.48 Å². The third-order valence-electron chi connectivity index (χ3n) is 2.49. The summed E-state index contributed by atoms with van der Waals surface area (Å²) in [5.41, 5.74) is 0.183. The van der Waals surface area contributed by atoms with Crippen molar-refractivity contribution in [3.63, 3.8) is 0 Å². The number of rotatable bonds is 4. The Kier molecular flexibility index (Phi) is 2.64. The molecule has 0 bridgehead atoms. The summed E-state index contributed by atoms with van der Waals surface area (Å²) in [6.07, 6.45) is 3.32. The number of hydrogen-bond acceptors (Lipinski definition) is 3. The van der Waals surface area contributed by atoms with Crippen molar-refractivity contribution in [3.8, 4) is 0 Å². The molecule has 6 nitrogen and oxygen atoms in total. The van der Waals surface area contributed by atoms with E-state index in [-0.39, 0.29) is 23.2 Å². The van der Waals surface area contributed by atoms with E-state index in [0.29, 0.717) is 6.54 Å². The van der Waals surface area contributed by atoms with Gasteiger partial charge in [0.15, 0.2) is 5.69 Å². The number of aromatic nitrogens is 2. The van der Waals surface area contributed by atoms with Crippen molar-refractivity contribution in [3.05, 3.63) is 11.9 Å². The SMILES string of the molecule is CCn1cc(NC(=O)C2CC2)c(C(=O)O)n1. The third kappa shape index (κ3) is 2.05. The molecule has 2 N–H and O–H groups in total. The Bertz CT molecular complexity index is 435. The van der Waals surface area contributed by atoms with Gasteiger partial charge < -0.3 is 10.4 Å². The summed E-state index contributed by atoms with van der Waals surface area (Å²) < 4.78 is 1.49. The Morgan fingerprint density at radius 2 is 2.31 bits per heavy atom. The molecule has 0 saturated heterocycles. The van der Waals surface area contributed by atoms with E-state index in [1.807, 2.05) is 6.92 Å². The second kappa shape index (κ2) is 3.96. The van der Waals surface area contributed by atoms with Gasteiger partial charge in [-0.2, -0.15) is 5.10 Å². The lowest BCUT2D eigenvalue weighted by Crippen LogP contribution is -2.15. The van der Waals surface area contributed by atoms with Gasteiger partial charge >= 0.3 is 5.97 Å². The quantitative estimate of drug-likeness (QED) is 0.795. The molecule has 16 heavy (non-hydrogen) atoms. The summed E-state index contributed by atoms with van der Waals surface area (Å²) >= 11 is 0. The minimum absolute atomic E-state index is 0.0478. The highest BCUT2D eigenvalue weighted by atomic mass is 16.4. The monoisotopic (exact) mass is 223 g/mol. The highest BCUT2D eigenvalue weighted by molar-refractivity contribution is 6.00. The summed E-state index contributed by atoms with van der Waals surface area (Å²) in [5, 5.41) is 15.4. The topological polar surface area (TPSA) is 84.2 Å². The van der Waals surface area contributed by atoms with Crippen molar-refractivity contribution in [1.29, 1.82) is 0 Å². The van der Waals surface area contributed by atoms with Crippen LogP contribution >= 0.6 is 0 Å². The second-order valence-electron chi connectivity index (χ2n) is 3.82. The molecule has 1 aliphatic carbocycles. The number of amides is 1. The summed E-state index contributed by atoms with van der Waals surface area (Å²) in [7, 11) is 0. The molecule has 0 radical (unpaired) electrons. The number of nitrogens with one attached hydrogen (secondary N) is 1. The van der Waals surface area contributed by atoms with Crippen molar-refractivity contribution in [2.45, 2.75) is 26.3 Å². The Balaban J connectivity index is 2.20. The number of aryl methyl sites for hydroxylation is 1. The maximum atomic E-state index is 11.5. The predicted octanol–water partition coefficient (Wildman–Crippen LogP) is 0.950. The molecule has 1 aromatic rings. The summed E-state index contributed by atoms with van der Waals surface area (Å²) in [6, 6.07) is 0. The summed E-state index contributed by atoms with van der Waals surface area (Å²) in [5.74, 6) is -1.19. The average molecular weight is 223 g/mol. The van der Waals surface area contributed by atoms with E-state index in [0.717, 1.165) is 12.8 Å². The largest absolute Gasteiger partial charge is 0.476 e. The molecule has 0 unspecified atom stereocenters. The van der Waals surface area contributed by atoms with Crippen molar-refractivity contribution in [2.24, 2.45) is 5.92 Å². The van der Waals surface area contributed by atoms with E-state index < -0.39 is 5.97 Å². The molecule has 0 aliphatic heterocycles. The van der Waals surface area contributed by atoms with Crippen LogP contribution in [0.3, 0.4) is 0 Å². The number of anilines is 1. The van der Waals surface area contributed by atoms with Crippen molar-refractivity contribution >= 4 is 17.6 Å². The Labute approximate surface area is 92.3 Å². The van der Waals surface area contributed by atoms with Gasteiger partial charge in [0.1, 0.15) is 0 Å². The van der Waals surface area contributed by atoms with E-state index >= 15 is 0 Å². The van der Waals surface area contributed by atoms with Crippen LogP contribution in [-0.2, 0) is 11.3 Å². The molecular weight excluding hydrogens is 210 g/mol. The van der Waals surface area contributed by atoms with Crippen LogP contribution in [0.2, 0.25) is 0 Å². The maximum absolute atomic E-state index is 11.5. The first-order valence-corrected chi connectivity index (χ1v) is 5.23. The molecule has 0 spiro atoms. The van der Waals surface area contributed by atoms with Crippen molar-refractivity contribution in [1.82, 2.24) is 9.78 Å². The van der Waals surface area contributed by atoms with Crippen LogP contribution < -0.4 is 5.32 Å². The van der Waals surface area contributed by atoms with Crippen molar-refractivity contribution in [2.75, 3.05) is 5.32 Å². The summed E-state index contributed by atoms with van der Waals surface area (Å²) in [4.78, 5) is 22.4. The number of carbonyl (C=O) groups excluding carboxylic acids is 1. The first-order valence-electron chi connectivity index (χ1n) is 5.23. The third-order valence-corrected chi connectivity index (χ3v) is 2.49. The number of nitrogens with zero attached hydrogens (tertiary/aromatic N) is 2. The van der Waals surface area contributed by atoms with Gasteiger partial charge in [-0.15, -0.1) is 0 Å². The van der Waals surface area contributed by atoms with Crippen LogP contribution in [0.4, 0.5) is 5.69 Å². The fraction of sp³-hybridized carbons (Fsp3) is 0.500. The standard InChI is InChI=1S/C10H13N3O3/c1-2-13-5-7(8(12-13)10(15)16)11-9(14)6-3-4-6/h5-6H,2-4H2,1H3,(H,11,14)(H,15,16). The van der Waals surface area contributed by atoms with Gasteiger partial charge in [0.05, 0.1) is 5.69 Å². The second-order valence-corrected chi connectivity index (χ2v) is 3.82. The van der Waals surface area contributed by atoms with E-state index in [9.17, 15) is 9.59 Å². The lowest BCUT2D eigenvalue weighted by atomic mass is 10.3. The minimum atomic E-state index is -1.13. The Hall–Kier alpha value is -1.85. The molecule has 1 heterocycles.